The molecule has 0 atom stereocenters. The van der Waals surface area contributed by atoms with E-state index in [0.717, 1.165) is 13.2 Å². The molecule has 0 aromatic rings. The molecule has 0 unspecified atom stereocenters. The smallest absolute Gasteiger partial charge is 0.0909 e. The standard InChI is InChI=1S/C5H9O2/c1-6-2-5-3-7-4-5/h2,5H,3-4H2,1H3. The maximum atomic E-state index is 4.88. The molecule has 41 valence electrons. The van der Waals surface area contributed by atoms with Crippen molar-refractivity contribution in [2.24, 2.45) is 5.92 Å². The van der Waals surface area contributed by atoms with Gasteiger partial charge in [0, 0.05) is 13.0 Å². The Hall–Kier alpha value is -0.0800. The zero-order valence-corrected chi connectivity index (χ0v) is 4.39. The van der Waals surface area contributed by atoms with Crippen LogP contribution in [0.15, 0.2) is 0 Å². The van der Waals surface area contributed by atoms with Gasteiger partial charge in [0.1, 0.15) is 0 Å². The first-order valence-corrected chi connectivity index (χ1v) is 2.37. The second-order valence-corrected chi connectivity index (χ2v) is 1.67. The summed E-state index contributed by atoms with van der Waals surface area (Å²) in [4.78, 5) is 0. The highest BCUT2D eigenvalue weighted by molar-refractivity contribution is 4.72. The summed E-state index contributed by atoms with van der Waals surface area (Å²) >= 11 is 0. The normalized spacial score (nSPS) is 21.9. The molecule has 0 aliphatic carbocycles. The Labute approximate surface area is 43.4 Å². The third-order valence-electron chi connectivity index (χ3n) is 0.992. The summed E-state index contributed by atoms with van der Waals surface area (Å²) in [7, 11) is 1.66. The highest BCUT2D eigenvalue weighted by atomic mass is 16.5. The lowest BCUT2D eigenvalue weighted by atomic mass is 10.1. The summed E-state index contributed by atoms with van der Waals surface area (Å²) in [5.41, 5.74) is 0. The fourth-order valence-corrected chi connectivity index (χ4v) is 0.525. The summed E-state index contributed by atoms with van der Waals surface area (Å²) in [6.07, 6.45) is 0. The number of hydrogen-bond donors (Lipinski definition) is 0. The van der Waals surface area contributed by atoms with Crippen LogP contribution in [-0.2, 0) is 9.47 Å². The molecule has 2 nitrogen and oxygen atoms in total. The van der Waals surface area contributed by atoms with E-state index in [1.54, 1.807) is 7.11 Å². The van der Waals surface area contributed by atoms with Crippen LogP contribution in [0.5, 0.6) is 0 Å². The van der Waals surface area contributed by atoms with Crippen molar-refractivity contribution in [2.75, 3.05) is 20.3 Å². The van der Waals surface area contributed by atoms with E-state index >= 15 is 0 Å². The maximum absolute atomic E-state index is 4.88. The lowest BCUT2D eigenvalue weighted by molar-refractivity contribution is -0.0394. The zero-order valence-electron chi connectivity index (χ0n) is 4.39. The van der Waals surface area contributed by atoms with Crippen molar-refractivity contribution in [3.8, 4) is 0 Å². The number of hydrogen-bond acceptors (Lipinski definition) is 2. The molecule has 1 saturated heterocycles. The van der Waals surface area contributed by atoms with Crippen LogP contribution < -0.4 is 0 Å². The van der Waals surface area contributed by atoms with Crippen LogP contribution in [0.4, 0.5) is 0 Å². The molecule has 0 aromatic heterocycles. The van der Waals surface area contributed by atoms with Crippen LogP contribution in [0, 0.1) is 12.5 Å². The van der Waals surface area contributed by atoms with E-state index in [0.29, 0.717) is 5.92 Å². The van der Waals surface area contributed by atoms with Crippen molar-refractivity contribution in [3.63, 3.8) is 0 Å². The van der Waals surface area contributed by atoms with E-state index in [4.69, 9.17) is 9.47 Å². The first kappa shape index (κ1) is 5.06. The molecule has 1 fully saturated rings. The first-order chi connectivity index (χ1) is 3.43. The van der Waals surface area contributed by atoms with E-state index in [1.165, 1.54) is 0 Å². The van der Waals surface area contributed by atoms with Gasteiger partial charge in [-0.15, -0.1) is 0 Å². The van der Waals surface area contributed by atoms with Gasteiger partial charge in [-0.05, 0) is 0 Å². The van der Waals surface area contributed by atoms with E-state index in [2.05, 4.69) is 0 Å². The van der Waals surface area contributed by atoms with Crippen molar-refractivity contribution in [2.45, 2.75) is 0 Å². The highest BCUT2D eigenvalue weighted by Crippen LogP contribution is 2.12. The molecular formula is C5H9O2. The van der Waals surface area contributed by atoms with Gasteiger partial charge in [-0.2, -0.15) is 0 Å². The molecule has 0 amide bonds. The third-order valence-corrected chi connectivity index (χ3v) is 0.992. The Morgan fingerprint density at radius 2 is 2.43 bits per heavy atom. The lowest BCUT2D eigenvalue weighted by Crippen LogP contribution is -2.28. The van der Waals surface area contributed by atoms with E-state index in [9.17, 15) is 0 Å². The van der Waals surface area contributed by atoms with Crippen molar-refractivity contribution in [3.05, 3.63) is 6.61 Å². The van der Waals surface area contributed by atoms with Gasteiger partial charge in [-0.3, -0.25) is 0 Å². The summed E-state index contributed by atoms with van der Waals surface area (Å²) in [6, 6.07) is 0. The number of methoxy groups -OCH3 is 1. The van der Waals surface area contributed by atoms with Crippen LogP contribution in [0.1, 0.15) is 0 Å². The molecule has 0 bridgehead atoms. The minimum atomic E-state index is 0.560. The Bertz CT molecular complexity index is 50.0. The Balaban J connectivity index is 1.93. The average molecular weight is 101 g/mol. The van der Waals surface area contributed by atoms with E-state index in [-0.39, 0.29) is 0 Å². The summed E-state index contributed by atoms with van der Waals surface area (Å²) < 4.78 is 9.62. The molecule has 1 aliphatic heterocycles. The summed E-state index contributed by atoms with van der Waals surface area (Å²) in [5, 5.41) is 0. The Morgan fingerprint density at radius 1 is 1.71 bits per heavy atom. The highest BCUT2D eigenvalue weighted by Gasteiger charge is 2.17. The second kappa shape index (κ2) is 2.28. The minimum absolute atomic E-state index is 0.560. The molecule has 0 spiro atoms. The van der Waals surface area contributed by atoms with Gasteiger partial charge >= 0.3 is 0 Å². The van der Waals surface area contributed by atoms with Crippen LogP contribution >= 0.6 is 0 Å². The molecular weight excluding hydrogens is 92.1 g/mol. The van der Waals surface area contributed by atoms with E-state index < -0.39 is 0 Å². The van der Waals surface area contributed by atoms with Gasteiger partial charge in [-0.1, -0.05) is 0 Å². The fraction of sp³-hybridized carbons (Fsp3) is 0.800. The average Bonchev–Trinajstić information content (AvgIpc) is 1.55. The topological polar surface area (TPSA) is 18.5 Å². The Kier molecular flexibility index (Phi) is 1.65. The first-order valence-electron chi connectivity index (χ1n) is 2.37. The number of rotatable bonds is 2. The second-order valence-electron chi connectivity index (χ2n) is 1.67. The van der Waals surface area contributed by atoms with Gasteiger partial charge in [0.25, 0.3) is 0 Å². The molecule has 2 heteroatoms. The van der Waals surface area contributed by atoms with Crippen molar-refractivity contribution >= 4 is 0 Å². The van der Waals surface area contributed by atoms with Gasteiger partial charge in [0.15, 0.2) is 0 Å². The molecule has 1 rings (SSSR count). The predicted molar refractivity (Wildman–Crippen MR) is 25.6 cm³/mol. The van der Waals surface area contributed by atoms with Crippen molar-refractivity contribution in [1.82, 2.24) is 0 Å². The lowest BCUT2D eigenvalue weighted by Gasteiger charge is -2.23. The molecule has 7 heavy (non-hydrogen) atoms. The van der Waals surface area contributed by atoms with Crippen molar-refractivity contribution in [1.29, 1.82) is 0 Å². The SMILES string of the molecule is CO[CH]C1COC1. The largest absolute Gasteiger partial charge is 0.380 e. The van der Waals surface area contributed by atoms with Crippen LogP contribution in [-0.4, -0.2) is 20.3 Å². The zero-order chi connectivity index (χ0) is 5.11. The predicted octanol–water partition coefficient (Wildman–Crippen LogP) is 0.441. The van der Waals surface area contributed by atoms with Crippen LogP contribution in [0.25, 0.3) is 0 Å². The third kappa shape index (κ3) is 1.14. The molecule has 0 N–H and O–H groups in total. The minimum Gasteiger partial charge on any atom is -0.380 e. The monoisotopic (exact) mass is 101 g/mol. The summed E-state index contributed by atoms with van der Waals surface area (Å²) in [5.74, 6) is 0.560. The molecule has 1 radical (unpaired) electrons. The fourth-order valence-electron chi connectivity index (χ4n) is 0.525. The van der Waals surface area contributed by atoms with Gasteiger partial charge in [0.2, 0.25) is 0 Å². The molecule has 0 aromatic carbocycles. The van der Waals surface area contributed by atoms with E-state index in [1.807, 2.05) is 6.61 Å². The maximum Gasteiger partial charge on any atom is 0.0909 e. The van der Waals surface area contributed by atoms with Crippen LogP contribution in [0.3, 0.4) is 0 Å². The van der Waals surface area contributed by atoms with Gasteiger partial charge < -0.3 is 9.47 Å². The van der Waals surface area contributed by atoms with Gasteiger partial charge in [0.05, 0.1) is 19.8 Å². The Morgan fingerprint density at radius 3 is 2.57 bits per heavy atom. The summed E-state index contributed by atoms with van der Waals surface area (Å²) in [6.45, 7) is 3.49. The van der Waals surface area contributed by atoms with Crippen molar-refractivity contribution < 1.29 is 9.47 Å². The molecule has 1 aliphatic rings. The molecule has 0 saturated carbocycles. The van der Waals surface area contributed by atoms with Gasteiger partial charge in [-0.25, -0.2) is 0 Å². The quantitative estimate of drug-likeness (QED) is 0.502. The van der Waals surface area contributed by atoms with Crippen LogP contribution in [0.2, 0.25) is 0 Å². The molecule has 1 heterocycles. The number of ether oxygens (including phenoxy) is 2.